The lowest BCUT2D eigenvalue weighted by Gasteiger charge is -2.43. The Balaban J connectivity index is 1.55. The van der Waals surface area contributed by atoms with Gasteiger partial charge in [-0.2, -0.15) is 0 Å². The summed E-state index contributed by atoms with van der Waals surface area (Å²) < 4.78 is 16.8. The van der Waals surface area contributed by atoms with Crippen LogP contribution in [-0.4, -0.2) is 37.5 Å². The number of hydrogen-bond donors (Lipinski definition) is 1. The molecule has 4 atom stereocenters. The van der Waals surface area contributed by atoms with Crippen LogP contribution in [0.5, 0.6) is 0 Å². The summed E-state index contributed by atoms with van der Waals surface area (Å²) in [5.41, 5.74) is 1.76. The van der Waals surface area contributed by atoms with Crippen LogP contribution in [0, 0.1) is 17.3 Å². The number of methoxy groups -OCH3 is 1. The maximum Gasteiger partial charge on any atom is 0.312 e. The number of hydrogen-bond acceptors (Lipinski definition) is 5. The number of benzene rings is 2. The molecular formula is C28H36O5. The molecule has 1 N–H and O–H groups in total. The number of carbonyl (C=O) groups is 1. The first kappa shape index (κ1) is 25.2. The Hall–Kier alpha value is -2.47. The largest absolute Gasteiger partial charge is 0.469 e. The maximum absolute atomic E-state index is 12.2. The molecule has 0 fully saturated rings. The molecule has 1 aliphatic carbocycles. The van der Waals surface area contributed by atoms with Crippen LogP contribution in [0.25, 0.3) is 0 Å². The fourth-order valence-electron chi connectivity index (χ4n) is 4.40. The zero-order valence-corrected chi connectivity index (χ0v) is 19.7. The summed E-state index contributed by atoms with van der Waals surface area (Å²) in [6.07, 6.45) is 5.29. The molecule has 0 saturated carbocycles. The molecule has 5 nitrogen and oxygen atoms in total. The number of rotatable bonds is 12. The Bertz CT molecular complexity index is 866. The van der Waals surface area contributed by atoms with Gasteiger partial charge in [-0.05, 0) is 36.3 Å². The van der Waals surface area contributed by atoms with E-state index in [0.717, 1.165) is 17.5 Å². The Kier molecular flexibility index (Phi) is 9.67. The molecule has 0 spiro atoms. The predicted octanol–water partition coefficient (Wildman–Crippen LogP) is 4.93. The van der Waals surface area contributed by atoms with Crippen LogP contribution in [0.3, 0.4) is 0 Å². The van der Waals surface area contributed by atoms with E-state index in [4.69, 9.17) is 14.2 Å². The van der Waals surface area contributed by atoms with Crippen molar-refractivity contribution < 1.29 is 24.1 Å². The average Bonchev–Trinajstić information content (AvgIpc) is 2.85. The van der Waals surface area contributed by atoms with Crippen LogP contribution < -0.4 is 0 Å². The molecule has 33 heavy (non-hydrogen) atoms. The van der Waals surface area contributed by atoms with Crippen molar-refractivity contribution in [3.63, 3.8) is 0 Å². The van der Waals surface area contributed by atoms with Crippen molar-refractivity contribution in [1.82, 2.24) is 0 Å². The highest BCUT2D eigenvalue weighted by Crippen LogP contribution is 2.43. The molecule has 0 heterocycles. The summed E-state index contributed by atoms with van der Waals surface area (Å²) in [5.74, 6) is -0.560. The average molecular weight is 453 g/mol. The zero-order valence-electron chi connectivity index (χ0n) is 19.7. The van der Waals surface area contributed by atoms with Crippen molar-refractivity contribution >= 4 is 5.97 Å². The smallest absolute Gasteiger partial charge is 0.312 e. The van der Waals surface area contributed by atoms with Crippen molar-refractivity contribution in [3.05, 3.63) is 83.9 Å². The van der Waals surface area contributed by atoms with Gasteiger partial charge in [0.05, 0.1) is 39.0 Å². The lowest BCUT2D eigenvalue weighted by atomic mass is 9.65. The van der Waals surface area contributed by atoms with Crippen molar-refractivity contribution in [2.75, 3.05) is 20.3 Å². The highest BCUT2D eigenvalue weighted by Gasteiger charge is 2.43. The van der Waals surface area contributed by atoms with Gasteiger partial charge < -0.3 is 19.3 Å². The van der Waals surface area contributed by atoms with Gasteiger partial charge in [-0.25, -0.2) is 0 Å². The van der Waals surface area contributed by atoms with E-state index >= 15 is 0 Å². The number of aliphatic hydroxyl groups is 1. The number of carbonyl (C=O) groups excluding carboxylic acids is 1. The molecule has 0 amide bonds. The zero-order chi connectivity index (χ0) is 23.5. The first-order valence-corrected chi connectivity index (χ1v) is 11.7. The van der Waals surface area contributed by atoms with Gasteiger partial charge in [-0.1, -0.05) is 79.7 Å². The molecule has 2 aromatic carbocycles. The number of ether oxygens (including phenoxy) is 3. The maximum atomic E-state index is 12.2. The van der Waals surface area contributed by atoms with Crippen LogP contribution in [0.1, 0.15) is 37.3 Å². The topological polar surface area (TPSA) is 65.0 Å². The standard InChI is InChI=1S/C28H36O5/c1-28(26(29)14-9-17-32-19-22-10-5-3-6-11-22)16-15-24(27(30)31-2)18-25(28)21-33-20-23-12-7-4-8-13-23/h3-8,10-13,15-16,24-26,29H,9,14,17-21H2,1-2H3/t24-,25+,26-,28+/m0/s1. The van der Waals surface area contributed by atoms with Crippen molar-refractivity contribution in [3.8, 4) is 0 Å². The Labute approximate surface area is 197 Å². The molecule has 178 valence electrons. The summed E-state index contributed by atoms with van der Waals surface area (Å²) in [4.78, 5) is 12.2. The van der Waals surface area contributed by atoms with Gasteiger partial charge in [0.2, 0.25) is 0 Å². The Morgan fingerprint density at radius 2 is 1.64 bits per heavy atom. The molecule has 3 rings (SSSR count). The minimum absolute atomic E-state index is 0.00412. The third-order valence-electron chi connectivity index (χ3n) is 6.64. The third kappa shape index (κ3) is 7.26. The Morgan fingerprint density at radius 3 is 2.24 bits per heavy atom. The van der Waals surface area contributed by atoms with E-state index < -0.39 is 11.5 Å². The van der Waals surface area contributed by atoms with Gasteiger partial charge in [0.1, 0.15) is 0 Å². The van der Waals surface area contributed by atoms with Crippen molar-refractivity contribution in [2.24, 2.45) is 17.3 Å². The second kappa shape index (κ2) is 12.7. The normalized spacial score (nSPS) is 23.2. The van der Waals surface area contributed by atoms with Gasteiger partial charge >= 0.3 is 5.97 Å². The Morgan fingerprint density at radius 1 is 1.03 bits per heavy atom. The van der Waals surface area contributed by atoms with Crippen LogP contribution in [0.15, 0.2) is 72.8 Å². The highest BCUT2D eigenvalue weighted by atomic mass is 16.5. The van der Waals surface area contributed by atoms with E-state index in [1.807, 2.05) is 72.8 Å². The molecule has 0 aromatic heterocycles. The van der Waals surface area contributed by atoms with Gasteiger partial charge in [-0.3, -0.25) is 4.79 Å². The summed E-state index contributed by atoms with van der Waals surface area (Å²) in [5, 5.41) is 11.1. The highest BCUT2D eigenvalue weighted by molar-refractivity contribution is 5.74. The quantitative estimate of drug-likeness (QED) is 0.281. The third-order valence-corrected chi connectivity index (χ3v) is 6.64. The second-order valence-corrected chi connectivity index (χ2v) is 8.98. The van der Waals surface area contributed by atoms with E-state index in [0.29, 0.717) is 39.3 Å². The number of aliphatic hydroxyl groups excluding tert-OH is 1. The van der Waals surface area contributed by atoms with Gasteiger partial charge in [0.25, 0.3) is 0 Å². The van der Waals surface area contributed by atoms with Crippen molar-refractivity contribution in [2.45, 2.75) is 45.5 Å². The molecule has 1 aliphatic rings. The lowest BCUT2D eigenvalue weighted by Crippen LogP contribution is -2.44. The van der Waals surface area contributed by atoms with Crippen molar-refractivity contribution in [1.29, 1.82) is 0 Å². The van der Waals surface area contributed by atoms with E-state index in [1.54, 1.807) is 0 Å². The lowest BCUT2D eigenvalue weighted by molar-refractivity contribution is -0.145. The monoisotopic (exact) mass is 452 g/mol. The van der Waals surface area contributed by atoms with Gasteiger partial charge in [0, 0.05) is 12.0 Å². The molecule has 2 aromatic rings. The van der Waals surface area contributed by atoms with E-state index in [1.165, 1.54) is 7.11 Å². The SMILES string of the molecule is COC(=O)[C@H]1C=C[C@@](C)([C@@H](O)CCCOCc2ccccc2)[C@@H](COCc2ccccc2)C1. The first-order valence-electron chi connectivity index (χ1n) is 11.7. The fraction of sp³-hybridized carbons (Fsp3) is 0.464. The van der Waals surface area contributed by atoms with Gasteiger partial charge in [0.15, 0.2) is 0 Å². The number of esters is 1. The molecular weight excluding hydrogens is 416 g/mol. The fourth-order valence-corrected chi connectivity index (χ4v) is 4.40. The molecule has 0 radical (unpaired) electrons. The second-order valence-electron chi connectivity index (χ2n) is 8.98. The van der Waals surface area contributed by atoms with Gasteiger partial charge in [-0.15, -0.1) is 0 Å². The molecule has 5 heteroatoms. The summed E-state index contributed by atoms with van der Waals surface area (Å²) in [7, 11) is 1.41. The minimum Gasteiger partial charge on any atom is -0.469 e. The van der Waals surface area contributed by atoms with Crippen LogP contribution in [0.2, 0.25) is 0 Å². The van der Waals surface area contributed by atoms with Crippen LogP contribution in [-0.2, 0) is 32.2 Å². The van der Waals surface area contributed by atoms with E-state index in [-0.39, 0.29) is 17.8 Å². The van der Waals surface area contributed by atoms with E-state index in [9.17, 15) is 9.90 Å². The molecule has 0 bridgehead atoms. The summed E-state index contributed by atoms with van der Waals surface area (Å²) in [6, 6.07) is 20.1. The summed E-state index contributed by atoms with van der Waals surface area (Å²) in [6.45, 7) is 4.19. The van der Waals surface area contributed by atoms with Crippen LogP contribution in [0.4, 0.5) is 0 Å². The molecule has 0 aliphatic heterocycles. The predicted molar refractivity (Wildman–Crippen MR) is 128 cm³/mol. The molecule has 0 saturated heterocycles. The minimum atomic E-state index is -0.557. The first-order chi connectivity index (χ1) is 16.0. The van der Waals surface area contributed by atoms with E-state index in [2.05, 4.69) is 6.92 Å². The molecule has 0 unspecified atom stereocenters. The summed E-state index contributed by atoms with van der Waals surface area (Å²) >= 11 is 0. The van der Waals surface area contributed by atoms with Crippen LogP contribution >= 0.6 is 0 Å².